The van der Waals surface area contributed by atoms with Crippen LogP contribution in [0.3, 0.4) is 0 Å². The first-order chi connectivity index (χ1) is 6.33. The van der Waals surface area contributed by atoms with Crippen molar-refractivity contribution in [3.8, 4) is 0 Å². The SMILES string of the molecule is COC1CCCC2C(=O)NCNC12. The molecule has 2 rings (SSSR count). The van der Waals surface area contributed by atoms with Gasteiger partial charge in [-0.3, -0.25) is 10.1 Å². The van der Waals surface area contributed by atoms with Crippen LogP contribution in [0, 0.1) is 5.92 Å². The molecule has 74 valence electrons. The molecule has 3 unspecified atom stereocenters. The van der Waals surface area contributed by atoms with Gasteiger partial charge in [-0.2, -0.15) is 0 Å². The van der Waals surface area contributed by atoms with Gasteiger partial charge in [0.2, 0.25) is 5.91 Å². The molecule has 2 N–H and O–H groups in total. The standard InChI is InChI=1S/C9H16N2O2/c1-13-7-4-2-3-6-8(7)10-5-11-9(6)12/h6-8,10H,2-5H2,1H3,(H,11,12). The van der Waals surface area contributed by atoms with Gasteiger partial charge in [0.15, 0.2) is 0 Å². The third-order valence-electron chi connectivity index (χ3n) is 3.08. The van der Waals surface area contributed by atoms with E-state index in [-0.39, 0.29) is 24.0 Å². The second kappa shape index (κ2) is 3.64. The van der Waals surface area contributed by atoms with Crippen LogP contribution in [0.1, 0.15) is 19.3 Å². The second-order valence-corrected chi connectivity index (χ2v) is 3.76. The number of hydrogen-bond donors (Lipinski definition) is 2. The summed E-state index contributed by atoms with van der Waals surface area (Å²) in [7, 11) is 1.72. The predicted octanol–water partition coefficient (Wildman–Crippen LogP) is -0.153. The summed E-state index contributed by atoms with van der Waals surface area (Å²) < 4.78 is 5.37. The van der Waals surface area contributed by atoms with E-state index in [1.807, 2.05) is 0 Å². The first-order valence-corrected chi connectivity index (χ1v) is 4.87. The van der Waals surface area contributed by atoms with Gasteiger partial charge in [0.25, 0.3) is 0 Å². The average molecular weight is 184 g/mol. The lowest BCUT2D eigenvalue weighted by Crippen LogP contribution is -2.61. The number of carbonyl (C=O) groups excluding carboxylic acids is 1. The van der Waals surface area contributed by atoms with Crippen LogP contribution in [0.2, 0.25) is 0 Å². The van der Waals surface area contributed by atoms with Crippen LogP contribution >= 0.6 is 0 Å². The van der Waals surface area contributed by atoms with E-state index < -0.39 is 0 Å². The van der Waals surface area contributed by atoms with Crippen molar-refractivity contribution < 1.29 is 9.53 Å². The normalized spacial score (nSPS) is 39.5. The molecule has 1 aliphatic carbocycles. The fraction of sp³-hybridized carbons (Fsp3) is 0.889. The van der Waals surface area contributed by atoms with Crippen molar-refractivity contribution in [1.29, 1.82) is 0 Å². The molecule has 0 radical (unpaired) electrons. The Hall–Kier alpha value is -0.610. The smallest absolute Gasteiger partial charge is 0.225 e. The van der Waals surface area contributed by atoms with E-state index in [4.69, 9.17) is 4.74 Å². The number of nitrogens with one attached hydrogen (secondary N) is 2. The summed E-state index contributed by atoms with van der Waals surface area (Å²) in [6, 6.07) is 0.229. The van der Waals surface area contributed by atoms with Gasteiger partial charge < -0.3 is 10.1 Å². The van der Waals surface area contributed by atoms with Crippen molar-refractivity contribution in [1.82, 2.24) is 10.6 Å². The second-order valence-electron chi connectivity index (χ2n) is 3.76. The minimum absolute atomic E-state index is 0.118. The molecular formula is C9H16N2O2. The summed E-state index contributed by atoms with van der Waals surface area (Å²) in [5, 5.41) is 6.12. The highest BCUT2D eigenvalue weighted by atomic mass is 16.5. The maximum Gasteiger partial charge on any atom is 0.225 e. The fourth-order valence-corrected chi connectivity index (χ4v) is 2.38. The fourth-order valence-electron chi connectivity index (χ4n) is 2.38. The Bertz CT molecular complexity index is 208. The van der Waals surface area contributed by atoms with E-state index in [2.05, 4.69) is 10.6 Å². The molecule has 2 aliphatic rings. The van der Waals surface area contributed by atoms with E-state index in [9.17, 15) is 4.79 Å². The van der Waals surface area contributed by atoms with Crippen LogP contribution in [0.5, 0.6) is 0 Å². The number of methoxy groups -OCH3 is 1. The number of amides is 1. The van der Waals surface area contributed by atoms with Crippen molar-refractivity contribution in [2.75, 3.05) is 13.8 Å². The van der Waals surface area contributed by atoms with Crippen molar-refractivity contribution >= 4 is 5.91 Å². The molecule has 1 aliphatic heterocycles. The molecule has 4 nitrogen and oxygen atoms in total. The Labute approximate surface area is 78.0 Å². The highest BCUT2D eigenvalue weighted by Gasteiger charge is 2.39. The minimum atomic E-state index is 0.118. The molecule has 0 aromatic rings. The number of carbonyl (C=O) groups is 1. The van der Waals surface area contributed by atoms with Crippen LogP contribution in [0.25, 0.3) is 0 Å². The number of rotatable bonds is 1. The van der Waals surface area contributed by atoms with Gasteiger partial charge in [-0.25, -0.2) is 0 Å². The van der Waals surface area contributed by atoms with Gasteiger partial charge in [-0.1, -0.05) is 0 Å². The molecule has 0 spiro atoms. The Kier molecular flexibility index (Phi) is 2.51. The lowest BCUT2D eigenvalue weighted by atomic mass is 9.81. The van der Waals surface area contributed by atoms with E-state index in [1.54, 1.807) is 7.11 Å². The Balaban J connectivity index is 2.09. The summed E-state index contributed by atoms with van der Waals surface area (Å²) >= 11 is 0. The van der Waals surface area contributed by atoms with Crippen LogP contribution in [-0.2, 0) is 9.53 Å². The molecular weight excluding hydrogens is 168 g/mol. The van der Waals surface area contributed by atoms with Crippen molar-refractivity contribution in [3.63, 3.8) is 0 Å². The Morgan fingerprint density at radius 3 is 3.08 bits per heavy atom. The van der Waals surface area contributed by atoms with Gasteiger partial charge >= 0.3 is 0 Å². The van der Waals surface area contributed by atoms with Gasteiger partial charge in [-0.05, 0) is 19.3 Å². The van der Waals surface area contributed by atoms with Crippen LogP contribution in [-0.4, -0.2) is 31.8 Å². The van der Waals surface area contributed by atoms with E-state index >= 15 is 0 Å². The summed E-state index contributed by atoms with van der Waals surface area (Å²) in [5.41, 5.74) is 0. The zero-order valence-electron chi connectivity index (χ0n) is 7.88. The molecule has 3 atom stereocenters. The molecule has 0 aromatic heterocycles. The molecule has 0 aromatic carbocycles. The number of fused-ring (bicyclic) bond motifs is 1. The Morgan fingerprint density at radius 2 is 2.31 bits per heavy atom. The summed E-state index contributed by atoms with van der Waals surface area (Å²) in [5.74, 6) is 0.304. The lowest BCUT2D eigenvalue weighted by molar-refractivity contribution is -0.132. The molecule has 4 heteroatoms. The summed E-state index contributed by atoms with van der Waals surface area (Å²) in [6.07, 6.45) is 3.36. The first kappa shape index (κ1) is 8.97. The first-order valence-electron chi connectivity index (χ1n) is 4.87. The van der Waals surface area contributed by atoms with Crippen LogP contribution < -0.4 is 10.6 Å². The number of ether oxygens (including phenoxy) is 1. The van der Waals surface area contributed by atoms with Crippen LogP contribution in [0.4, 0.5) is 0 Å². The summed E-state index contributed by atoms with van der Waals surface area (Å²) in [4.78, 5) is 11.5. The number of hydrogen-bond acceptors (Lipinski definition) is 3. The van der Waals surface area contributed by atoms with E-state index in [1.165, 1.54) is 0 Å². The molecule has 0 bridgehead atoms. The summed E-state index contributed by atoms with van der Waals surface area (Å²) in [6.45, 7) is 0.583. The van der Waals surface area contributed by atoms with Gasteiger partial charge in [-0.15, -0.1) is 0 Å². The molecule has 1 heterocycles. The maximum absolute atomic E-state index is 11.5. The largest absolute Gasteiger partial charge is 0.380 e. The molecule has 13 heavy (non-hydrogen) atoms. The maximum atomic E-state index is 11.5. The predicted molar refractivity (Wildman–Crippen MR) is 48.1 cm³/mol. The van der Waals surface area contributed by atoms with Crippen molar-refractivity contribution in [3.05, 3.63) is 0 Å². The molecule has 2 fully saturated rings. The molecule has 1 saturated heterocycles. The highest BCUT2D eigenvalue weighted by Crippen LogP contribution is 2.27. The lowest BCUT2D eigenvalue weighted by Gasteiger charge is -2.40. The zero-order valence-corrected chi connectivity index (χ0v) is 7.88. The third-order valence-corrected chi connectivity index (χ3v) is 3.08. The third kappa shape index (κ3) is 1.56. The van der Waals surface area contributed by atoms with Crippen LogP contribution in [0.15, 0.2) is 0 Å². The minimum Gasteiger partial charge on any atom is -0.380 e. The van der Waals surface area contributed by atoms with Crippen molar-refractivity contribution in [2.24, 2.45) is 5.92 Å². The van der Waals surface area contributed by atoms with Gasteiger partial charge in [0, 0.05) is 13.2 Å². The molecule has 1 amide bonds. The molecule has 1 saturated carbocycles. The quantitative estimate of drug-likeness (QED) is 0.595. The Morgan fingerprint density at radius 1 is 1.46 bits per heavy atom. The highest BCUT2D eigenvalue weighted by molar-refractivity contribution is 5.80. The van der Waals surface area contributed by atoms with E-state index in [0.717, 1.165) is 19.3 Å². The van der Waals surface area contributed by atoms with Gasteiger partial charge in [0.1, 0.15) is 0 Å². The zero-order chi connectivity index (χ0) is 9.26. The van der Waals surface area contributed by atoms with Gasteiger partial charge in [0.05, 0.1) is 18.7 Å². The monoisotopic (exact) mass is 184 g/mol. The topological polar surface area (TPSA) is 50.4 Å². The average Bonchev–Trinajstić information content (AvgIpc) is 2.18. The van der Waals surface area contributed by atoms with E-state index in [0.29, 0.717) is 6.67 Å². The van der Waals surface area contributed by atoms with Crippen molar-refractivity contribution in [2.45, 2.75) is 31.4 Å².